The molecule has 0 radical (unpaired) electrons. The molecule has 3 heteroatoms. The standard InChI is InChI=1S/C13H22N2O/c1-5-10-16-13-8-6-12(7-9-13)11(2)14-15(3)4/h6-9,11,14H,5,10H2,1-4H3. The summed E-state index contributed by atoms with van der Waals surface area (Å²) in [5.74, 6) is 0.947. The highest BCUT2D eigenvalue weighted by molar-refractivity contribution is 5.28. The van der Waals surface area contributed by atoms with Crippen molar-refractivity contribution < 1.29 is 4.74 Å². The summed E-state index contributed by atoms with van der Waals surface area (Å²) in [5, 5.41) is 1.96. The molecule has 0 spiro atoms. The van der Waals surface area contributed by atoms with E-state index in [1.54, 1.807) is 0 Å². The summed E-state index contributed by atoms with van der Waals surface area (Å²) in [6.07, 6.45) is 1.04. The van der Waals surface area contributed by atoms with Crippen LogP contribution in [0.5, 0.6) is 5.75 Å². The van der Waals surface area contributed by atoms with E-state index in [1.807, 2.05) is 31.2 Å². The molecule has 90 valence electrons. The minimum Gasteiger partial charge on any atom is -0.494 e. The molecule has 0 saturated carbocycles. The summed E-state index contributed by atoms with van der Waals surface area (Å²) < 4.78 is 5.54. The predicted octanol–water partition coefficient (Wildman–Crippen LogP) is 2.60. The molecule has 0 aliphatic rings. The average Bonchev–Trinajstić information content (AvgIpc) is 2.26. The fraction of sp³-hybridized carbons (Fsp3) is 0.538. The Morgan fingerprint density at radius 3 is 2.38 bits per heavy atom. The fourth-order valence-electron chi connectivity index (χ4n) is 1.53. The van der Waals surface area contributed by atoms with Crippen LogP contribution in [0.15, 0.2) is 24.3 Å². The highest BCUT2D eigenvalue weighted by Gasteiger charge is 2.05. The van der Waals surface area contributed by atoms with Gasteiger partial charge in [-0.3, -0.25) is 5.01 Å². The van der Waals surface area contributed by atoms with Gasteiger partial charge in [-0.1, -0.05) is 19.1 Å². The van der Waals surface area contributed by atoms with E-state index in [9.17, 15) is 0 Å². The topological polar surface area (TPSA) is 24.5 Å². The van der Waals surface area contributed by atoms with Crippen molar-refractivity contribution in [3.63, 3.8) is 0 Å². The van der Waals surface area contributed by atoms with E-state index in [0.717, 1.165) is 18.8 Å². The first-order chi connectivity index (χ1) is 7.63. The first kappa shape index (κ1) is 13.0. The van der Waals surface area contributed by atoms with Gasteiger partial charge in [-0.2, -0.15) is 0 Å². The van der Waals surface area contributed by atoms with Crippen molar-refractivity contribution in [2.24, 2.45) is 0 Å². The van der Waals surface area contributed by atoms with Gasteiger partial charge in [-0.05, 0) is 31.0 Å². The van der Waals surface area contributed by atoms with Gasteiger partial charge < -0.3 is 4.74 Å². The zero-order valence-electron chi connectivity index (χ0n) is 10.7. The van der Waals surface area contributed by atoms with Crippen LogP contribution in [0.3, 0.4) is 0 Å². The van der Waals surface area contributed by atoms with Crippen LogP contribution in [0, 0.1) is 0 Å². The van der Waals surface area contributed by atoms with Crippen LogP contribution in [0.25, 0.3) is 0 Å². The van der Waals surface area contributed by atoms with E-state index in [1.165, 1.54) is 5.56 Å². The van der Waals surface area contributed by atoms with Crippen LogP contribution in [0.4, 0.5) is 0 Å². The zero-order chi connectivity index (χ0) is 12.0. The lowest BCUT2D eigenvalue weighted by Crippen LogP contribution is -2.32. The highest BCUT2D eigenvalue weighted by Crippen LogP contribution is 2.17. The smallest absolute Gasteiger partial charge is 0.119 e. The molecular weight excluding hydrogens is 200 g/mol. The van der Waals surface area contributed by atoms with Crippen LogP contribution in [0.1, 0.15) is 31.9 Å². The van der Waals surface area contributed by atoms with E-state index in [4.69, 9.17) is 4.74 Å². The quantitative estimate of drug-likeness (QED) is 0.749. The Morgan fingerprint density at radius 1 is 1.25 bits per heavy atom. The van der Waals surface area contributed by atoms with Crippen molar-refractivity contribution in [2.75, 3.05) is 20.7 Å². The number of nitrogens with zero attached hydrogens (tertiary/aromatic N) is 1. The van der Waals surface area contributed by atoms with Gasteiger partial charge in [0.1, 0.15) is 5.75 Å². The Morgan fingerprint density at radius 2 is 1.88 bits per heavy atom. The van der Waals surface area contributed by atoms with Crippen LogP contribution >= 0.6 is 0 Å². The Balaban J connectivity index is 2.56. The lowest BCUT2D eigenvalue weighted by molar-refractivity contribution is 0.252. The third-order valence-corrected chi connectivity index (χ3v) is 2.30. The van der Waals surface area contributed by atoms with Crippen molar-refractivity contribution >= 4 is 0 Å². The van der Waals surface area contributed by atoms with Gasteiger partial charge in [-0.15, -0.1) is 0 Å². The van der Waals surface area contributed by atoms with Crippen LogP contribution in [-0.2, 0) is 0 Å². The number of ether oxygens (including phenoxy) is 1. The molecule has 0 fully saturated rings. The number of hydrazine groups is 1. The van der Waals surface area contributed by atoms with E-state index in [2.05, 4.69) is 31.4 Å². The summed E-state index contributed by atoms with van der Waals surface area (Å²) in [6, 6.07) is 8.57. The van der Waals surface area contributed by atoms with Crippen molar-refractivity contribution in [3.8, 4) is 5.75 Å². The minimum atomic E-state index is 0.315. The van der Waals surface area contributed by atoms with Gasteiger partial charge in [0.2, 0.25) is 0 Å². The maximum absolute atomic E-state index is 5.54. The van der Waals surface area contributed by atoms with E-state index < -0.39 is 0 Å². The van der Waals surface area contributed by atoms with E-state index in [-0.39, 0.29) is 0 Å². The lowest BCUT2D eigenvalue weighted by atomic mass is 10.1. The fourth-order valence-corrected chi connectivity index (χ4v) is 1.53. The molecule has 1 rings (SSSR count). The third-order valence-electron chi connectivity index (χ3n) is 2.30. The van der Waals surface area contributed by atoms with Crippen molar-refractivity contribution in [1.29, 1.82) is 0 Å². The molecule has 0 aromatic heterocycles. The van der Waals surface area contributed by atoms with Crippen LogP contribution in [-0.4, -0.2) is 25.7 Å². The maximum atomic E-state index is 5.54. The number of benzene rings is 1. The predicted molar refractivity (Wildman–Crippen MR) is 67.5 cm³/mol. The molecule has 1 aromatic rings. The molecule has 3 nitrogen and oxygen atoms in total. The van der Waals surface area contributed by atoms with Crippen LogP contribution in [0.2, 0.25) is 0 Å². The molecule has 0 aliphatic heterocycles. The monoisotopic (exact) mass is 222 g/mol. The number of nitrogens with one attached hydrogen (secondary N) is 1. The number of hydrogen-bond donors (Lipinski definition) is 1. The molecule has 0 aliphatic carbocycles. The zero-order valence-corrected chi connectivity index (χ0v) is 10.7. The van der Waals surface area contributed by atoms with E-state index >= 15 is 0 Å². The summed E-state index contributed by atoms with van der Waals surface area (Å²) >= 11 is 0. The van der Waals surface area contributed by atoms with Gasteiger partial charge in [0.05, 0.1) is 6.61 Å². The second-order valence-corrected chi connectivity index (χ2v) is 4.16. The summed E-state index contributed by atoms with van der Waals surface area (Å²) in [7, 11) is 3.99. The first-order valence-corrected chi connectivity index (χ1v) is 5.79. The van der Waals surface area contributed by atoms with Crippen LogP contribution < -0.4 is 10.2 Å². The summed E-state index contributed by atoms with van der Waals surface area (Å²) in [5.41, 5.74) is 4.58. The van der Waals surface area contributed by atoms with Gasteiger partial charge in [0, 0.05) is 20.1 Å². The van der Waals surface area contributed by atoms with Crippen molar-refractivity contribution in [2.45, 2.75) is 26.3 Å². The molecule has 0 saturated heterocycles. The van der Waals surface area contributed by atoms with E-state index in [0.29, 0.717) is 6.04 Å². The Labute approximate surface area is 98.4 Å². The van der Waals surface area contributed by atoms with Gasteiger partial charge in [-0.25, -0.2) is 5.43 Å². The Kier molecular flexibility index (Phi) is 5.29. The molecule has 1 aromatic carbocycles. The van der Waals surface area contributed by atoms with Crippen molar-refractivity contribution in [3.05, 3.63) is 29.8 Å². The molecule has 16 heavy (non-hydrogen) atoms. The van der Waals surface area contributed by atoms with Gasteiger partial charge in [0.15, 0.2) is 0 Å². The van der Waals surface area contributed by atoms with Gasteiger partial charge >= 0.3 is 0 Å². The molecule has 0 amide bonds. The summed E-state index contributed by atoms with van der Waals surface area (Å²) in [4.78, 5) is 0. The number of hydrogen-bond acceptors (Lipinski definition) is 3. The molecule has 1 atom stereocenters. The largest absolute Gasteiger partial charge is 0.494 e. The lowest BCUT2D eigenvalue weighted by Gasteiger charge is -2.19. The number of rotatable bonds is 6. The second kappa shape index (κ2) is 6.51. The molecule has 0 heterocycles. The SMILES string of the molecule is CCCOc1ccc(C(C)NN(C)C)cc1. The Bertz CT molecular complexity index is 295. The molecule has 1 unspecified atom stereocenters. The minimum absolute atomic E-state index is 0.315. The first-order valence-electron chi connectivity index (χ1n) is 5.79. The molecule has 1 N–H and O–H groups in total. The average molecular weight is 222 g/mol. The normalized spacial score (nSPS) is 12.8. The van der Waals surface area contributed by atoms with Gasteiger partial charge in [0.25, 0.3) is 0 Å². The second-order valence-electron chi connectivity index (χ2n) is 4.16. The molecular formula is C13H22N2O. The molecule has 0 bridgehead atoms. The Hall–Kier alpha value is -1.06. The maximum Gasteiger partial charge on any atom is 0.119 e. The highest BCUT2D eigenvalue weighted by atomic mass is 16.5. The summed E-state index contributed by atoms with van der Waals surface area (Å²) in [6.45, 7) is 5.03. The van der Waals surface area contributed by atoms with Crippen molar-refractivity contribution in [1.82, 2.24) is 10.4 Å². The third kappa shape index (κ3) is 4.21.